The number of likely N-dealkylation sites (N-methyl/N-ethyl adjacent to an activating group) is 1. The molecule has 0 aliphatic carbocycles. The maximum atomic E-state index is 12.0. The Morgan fingerprint density at radius 2 is 1.87 bits per heavy atom. The molecular weight excluding hydrogens is 534 g/mol. The van der Waals surface area contributed by atoms with Crippen LogP contribution < -0.4 is 9.64 Å². The third-order valence-corrected chi connectivity index (χ3v) is 7.96. The highest BCUT2D eigenvalue weighted by Crippen LogP contribution is 2.45. The van der Waals surface area contributed by atoms with E-state index in [1.165, 1.54) is 11.3 Å². The summed E-state index contributed by atoms with van der Waals surface area (Å²) in [6.07, 6.45) is 1.65. The first-order valence-electron chi connectivity index (χ1n) is 12.9. The summed E-state index contributed by atoms with van der Waals surface area (Å²) in [6, 6.07) is 9.33. The van der Waals surface area contributed by atoms with Crippen molar-refractivity contribution in [2.75, 3.05) is 38.1 Å². The summed E-state index contributed by atoms with van der Waals surface area (Å²) in [4.78, 5) is 30.8. The number of carbonyl (C=O) groups is 1. The average molecular weight is 566 g/mol. The minimum Gasteiger partial charge on any atom is -0.487 e. The third kappa shape index (κ3) is 6.00. The van der Waals surface area contributed by atoms with E-state index in [1.54, 1.807) is 18.3 Å². The number of piperazine rings is 1. The van der Waals surface area contributed by atoms with Gasteiger partial charge in [-0.1, -0.05) is 11.6 Å². The number of rotatable bonds is 6. The number of ether oxygens (including phenoxy) is 1. The Kier molecular flexibility index (Phi) is 7.50. The topological polar surface area (TPSA) is 91.7 Å². The van der Waals surface area contributed by atoms with E-state index in [2.05, 4.69) is 21.8 Å². The number of benzene rings is 2. The Balaban J connectivity index is 1.68. The molecule has 1 N–H and O–H groups in total. The molecule has 204 valence electrons. The number of thiazole rings is 1. The Hall–Kier alpha value is -3.27. The van der Waals surface area contributed by atoms with Crippen LogP contribution in [0.1, 0.15) is 31.9 Å². The number of carboxylic acid groups (broad SMARTS) is 1. The van der Waals surface area contributed by atoms with Crippen molar-refractivity contribution in [3.05, 3.63) is 52.7 Å². The van der Waals surface area contributed by atoms with Crippen molar-refractivity contribution < 1.29 is 14.6 Å². The fraction of sp³-hybridized carbons (Fsp3) is 0.379. The first-order chi connectivity index (χ1) is 18.5. The van der Waals surface area contributed by atoms with Crippen LogP contribution in [-0.4, -0.2) is 69.8 Å². The van der Waals surface area contributed by atoms with E-state index < -0.39 is 11.6 Å². The molecule has 0 amide bonds. The summed E-state index contributed by atoms with van der Waals surface area (Å²) >= 11 is 7.87. The highest BCUT2D eigenvalue weighted by atomic mass is 35.5. The van der Waals surface area contributed by atoms with Gasteiger partial charge in [0.25, 0.3) is 0 Å². The van der Waals surface area contributed by atoms with Crippen LogP contribution in [0.5, 0.6) is 5.75 Å². The predicted molar refractivity (Wildman–Crippen MR) is 157 cm³/mol. The van der Waals surface area contributed by atoms with Crippen molar-refractivity contribution in [3.63, 3.8) is 0 Å². The van der Waals surface area contributed by atoms with E-state index >= 15 is 0 Å². The van der Waals surface area contributed by atoms with E-state index in [-0.39, 0.29) is 6.42 Å². The molecule has 0 spiro atoms. The van der Waals surface area contributed by atoms with Crippen molar-refractivity contribution >= 4 is 45.1 Å². The van der Waals surface area contributed by atoms with Crippen LogP contribution in [0, 0.1) is 6.92 Å². The van der Waals surface area contributed by atoms with Gasteiger partial charge in [-0.3, -0.25) is 4.79 Å². The first-order valence-corrected chi connectivity index (χ1v) is 14.1. The lowest BCUT2D eigenvalue weighted by molar-refractivity contribution is -0.136. The van der Waals surface area contributed by atoms with Crippen LogP contribution in [0.15, 0.2) is 36.5 Å². The van der Waals surface area contributed by atoms with Crippen LogP contribution in [0.25, 0.3) is 32.0 Å². The van der Waals surface area contributed by atoms with Crippen LogP contribution in [-0.2, 0) is 11.2 Å². The molecule has 2 aromatic heterocycles. The second-order valence-corrected chi connectivity index (χ2v) is 12.3. The maximum Gasteiger partial charge on any atom is 0.307 e. The molecule has 0 bridgehead atoms. The van der Waals surface area contributed by atoms with Gasteiger partial charge in [-0.2, -0.15) is 0 Å². The average Bonchev–Trinajstić information content (AvgIpc) is 3.28. The molecule has 4 aromatic rings. The van der Waals surface area contributed by atoms with Crippen LogP contribution in [0.3, 0.4) is 0 Å². The molecule has 1 saturated heterocycles. The number of anilines is 1. The number of nitrogens with zero attached hydrogens (tertiary/aromatic N) is 5. The fourth-order valence-electron chi connectivity index (χ4n) is 4.75. The number of hydrogen-bond acceptors (Lipinski definition) is 8. The van der Waals surface area contributed by atoms with Gasteiger partial charge in [0.15, 0.2) is 0 Å². The normalized spacial score (nSPS) is 14.7. The van der Waals surface area contributed by atoms with Gasteiger partial charge in [0.2, 0.25) is 5.95 Å². The molecule has 1 aliphatic heterocycles. The lowest BCUT2D eigenvalue weighted by Crippen LogP contribution is -2.45. The van der Waals surface area contributed by atoms with E-state index in [1.807, 2.05) is 45.9 Å². The number of fused-ring (bicyclic) bond motifs is 1. The largest absolute Gasteiger partial charge is 0.487 e. The minimum atomic E-state index is -0.900. The van der Waals surface area contributed by atoms with Crippen LogP contribution >= 0.6 is 22.9 Å². The van der Waals surface area contributed by atoms with Crippen molar-refractivity contribution in [2.24, 2.45) is 0 Å². The molecule has 0 unspecified atom stereocenters. The SMILES string of the molecule is Cc1cc2nc(-c3ccnc(N4CCN(C)CC4)n3)sc2c(-c2ccc(Cl)cc2OC(C)(C)C)c1CC(=O)O. The fourth-order valence-corrected chi connectivity index (χ4v) is 6.01. The van der Waals surface area contributed by atoms with E-state index in [0.717, 1.165) is 69.4 Å². The molecule has 2 aromatic carbocycles. The summed E-state index contributed by atoms with van der Waals surface area (Å²) < 4.78 is 7.20. The Labute approximate surface area is 237 Å². The lowest BCUT2D eigenvalue weighted by atomic mass is 9.92. The Morgan fingerprint density at radius 3 is 2.56 bits per heavy atom. The van der Waals surface area contributed by atoms with Gasteiger partial charge in [0.05, 0.1) is 16.6 Å². The van der Waals surface area contributed by atoms with Gasteiger partial charge in [-0.25, -0.2) is 15.0 Å². The monoisotopic (exact) mass is 565 g/mol. The number of aliphatic carboxylic acids is 1. The van der Waals surface area contributed by atoms with Gasteiger partial charge in [0.1, 0.15) is 22.1 Å². The zero-order chi connectivity index (χ0) is 27.9. The molecule has 1 fully saturated rings. The Morgan fingerprint density at radius 1 is 1.13 bits per heavy atom. The minimum absolute atomic E-state index is 0.122. The highest BCUT2D eigenvalue weighted by Gasteiger charge is 2.25. The van der Waals surface area contributed by atoms with Gasteiger partial charge in [-0.15, -0.1) is 11.3 Å². The quantitative estimate of drug-likeness (QED) is 0.307. The standard InChI is InChI=1S/C29H32ClN5O3S/c1-17-14-22-26(39-27(32-22)21-8-9-31-28(33-21)35-12-10-34(5)11-13-35)25(20(17)16-24(36)37)19-7-6-18(30)15-23(19)38-29(2,3)4/h6-9,14-15H,10-13,16H2,1-5H3,(H,36,37). The van der Waals surface area contributed by atoms with E-state index in [9.17, 15) is 9.90 Å². The molecule has 1 aliphatic rings. The summed E-state index contributed by atoms with van der Waals surface area (Å²) in [5.41, 5.74) is 4.23. The zero-order valence-corrected chi connectivity index (χ0v) is 24.4. The molecule has 0 radical (unpaired) electrons. The van der Waals surface area contributed by atoms with Crippen molar-refractivity contribution in [1.82, 2.24) is 19.9 Å². The summed E-state index contributed by atoms with van der Waals surface area (Å²) in [6.45, 7) is 11.5. The van der Waals surface area contributed by atoms with Gasteiger partial charge in [-0.05, 0) is 76.2 Å². The number of halogens is 1. The molecule has 0 atom stereocenters. The number of hydrogen-bond donors (Lipinski definition) is 1. The summed E-state index contributed by atoms with van der Waals surface area (Å²) in [7, 11) is 2.12. The van der Waals surface area contributed by atoms with Gasteiger partial charge < -0.3 is 19.6 Å². The van der Waals surface area contributed by atoms with Crippen LogP contribution in [0.2, 0.25) is 5.02 Å². The van der Waals surface area contributed by atoms with E-state index in [0.29, 0.717) is 16.7 Å². The number of aryl methyl sites for hydroxylation is 1. The number of carboxylic acids is 1. The highest BCUT2D eigenvalue weighted by molar-refractivity contribution is 7.22. The molecule has 3 heterocycles. The van der Waals surface area contributed by atoms with Crippen molar-refractivity contribution in [2.45, 2.75) is 39.7 Å². The second kappa shape index (κ2) is 10.7. The van der Waals surface area contributed by atoms with E-state index in [4.69, 9.17) is 26.3 Å². The predicted octanol–water partition coefficient (Wildman–Crippen LogP) is 5.94. The van der Waals surface area contributed by atoms with Crippen molar-refractivity contribution in [1.29, 1.82) is 0 Å². The van der Waals surface area contributed by atoms with Gasteiger partial charge in [0, 0.05) is 48.5 Å². The molecule has 8 nitrogen and oxygen atoms in total. The molecular formula is C29H32ClN5O3S. The van der Waals surface area contributed by atoms with Crippen LogP contribution in [0.4, 0.5) is 5.95 Å². The summed E-state index contributed by atoms with van der Waals surface area (Å²) in [5.74, 6) is 0.396. The lowest BCUT2D eigenvalue weighted by Gasteiger charge is -2.32. The molecule has 5 rings (SSSR count). The smallest absolute Gasteiger partial charge is 0.307 e. The van der Waals surface area contributed by atoms with Gasteiger partial charge >= 0.3 is 5.97 Å². The molecule has 39 heavy (non-hydrogen) atoms. The number of aromatic nitrogens is 3. The third-order valence-electron chi connectivity index (χ3n) is 6.62. The first kappa shape index (κ1) is 27.3. The maximum absolute atomic E-state index is 12.0. The zero-order valence-electron chi connectivity index (χ0n) is 22.8. The summed E-state index contributed by atoms with van der Waals surface area (Å²) in [5, 5.41) is 11.1. The molecule has 0 saturated carbocycles. The van der Waals surface area contributed by atoms with Crippen molar-refractivity contribution in [3.8, 4) is 27.6 Å². The Bertz CT molecular complexity index is 1540. The second-order valence-electron chi connectivity index (χ2n) is 10.9. The molecule has 10 heteroatoms.